The third-order valence-electron chi connectivity index (χ3n) is 2.64. The summed E-state index contributed by atoms with van der Waals surface area (Å²) in [6.45, 7) is 0. The van der Waals surface area contributed by atoms with Gasteiger partial charge in [-0.3, -0.25) is 0 Å². The molecule has 2 N–H and O–H groups in total. The first-order valence-corrected chi connectivity index (χ1v) is 6.47. The Bertz CT molecular complexity index is 692. The van der Waals surface area contributed by atoms with Gasteiger partial charge in [0.05, 0.1) is 17.7 Å². The molecule has 2 aromatic heterocycles. The lowest BCUT2D eigenvalue weighted by atomic mass is 10.2. The lowest BCUT2D eigenvalue weighted by molar-refractivity contribution is 0.416. The fourth-order valence-corrected chi connectivity index (χ4v) is 2.36. The van der Waals surface area contributed by atoms with Gasteiger partial charge in [0, 0.05) is 5.56 Å². The van der Waals surface area contributed by atoms with E-state index in [2.05, 4.69) is 10.1 Å². The summed E-state index contributed by atoms with van der Waals surface area (Å²) in [6.07, 6.45) is 0. The molecule has 96 valence electrons. The van der Waals surface area contributed by atoms with Gasteiger partial charge in [0.1, 0.15) is 5.75 Å². The van der Waals surface area contributed by atoms with Crippen molar-refractivity contribution in [2.75, 3.05) is 12.8 Å². The Morgan fingerprint density at radius 2 is 2.21 bits per heavy atom. The summed E-state index contributed by atoms with van der Waals surface area (Å²) in [5, 5.41) is 5.93. The molecule has 0 aliphatic rings. The van der Waals surface area contributed by atoms with Crippen LogP contribution in [-0.4, -0.2) is 17.3 Å². The number of anilines is 1. The summed E-state index contributed by atoms with van der Waals surface area (Å²) in [5.74, 6) is 1.65. The van der Waals surface area contributed by atoms with Crippen molar-refractivity contribution in [3.63, 3.8) is 0 Å². The Kier molecular flexibility index (Phi) is 2.92. The number of benzene rings is 1. The van der Waals surface area contributed by atoms with Crippen LogP contribution in [0.2, 0.25) is 0 Å². The Morgan fingerprint density at radius 3 is 2.89 bits per heavy atom. The Morgan fingerprint density at radius 1 is 1.32 bits per heavy atom. The van der Waals surface area contributed by atoms with Crippen molar-refractivity contribution >= 4 is 17.0 Å². The van der Waals surface area contributed by atoms with E-state index < -0.39 is 0 Å². The molecular formula is C13H11N3O2S. The van der Waals surface area contributed by atoms with Gasteiger partial charge in [0.15, 0.2) is 0 Å². The molecule has 0 amide bonds. The highest BCUT2D eigenvalue weighted by molar-refractivity contribution is 7.13. The third-order valence-corrected chi connectivity index (χ3v) is 3.51. The largest absolute Gasteiger partial charge is 0.495 e. The standard InChI is InChI=1S/C13H11N3O2S/c1-17-10-5-4-8(7-9(10)14)13-15-12(16-18-13)11-3-2-6-19-11/h2-7H,14H2,1H3. The van der Waals surface area contributed by atoms with Gasteiger partial charge in [-0.15, -0.1) is 11.3 Å². The van der Waals surface area contributed by atoms with Crippen LogP contribution in [0.25, 0.3) is 22.2 Å². The topological polar surface area (TPSA) is 74.2 Å². The Labute approximate surface area is 113 Å². The van der Waals surface area contributed by atoms with Crippen LogP contribution in [0.1, 0.15) is 0 Å². The molecule has 0 aliphatic carbocycles. The molecule has 19 heavy (non-hydrogen) atoms. The van der Waals surface area contributed by atoms with E-state index in [0.29, 0.717) is 23.2 Å². The normalized spacial score (nSPS) is 10.6. The van der Waals surface area contributed by atoms with Crippen molar-refractivity contribution in [2.24, 2.45) is 0 Å². The number of thiophene rings is 1. The fourth-order valence-electron chi connectivity index (χ4n) is 1.71. The summed E-state index contributed by atoms with van der Waals surface area (Å²) >= 11 is 1.56. The molecule has 5 nitrogen and oxygen atoms in total. The van der Waals surface area contributed by atoms with Crippen molar-refractivity contribution in [1.29, 1.82) is 0 Å². The second-order valence-corrected chi connectivity index (χ2v) is 4.80. The maximum absolute atomic E-state index is 5.86. The van der Waals surface area contributed by atoms with E-state index in [-0.39, 0.29) is 0 Å². The minimum Gasteiger partial charge on any atom is -0.495 e. The van der Waals surface area contributed by atoms with Crippen molar-refractivity contribution in [3.8, 4) is 27.9 Å². The summed E-state index contributed by atoms with van der Waals surface area (Å²) in [6, 6.07) is 9.26. The molecule has 0 saturated carbocycles. The third kappa shape index (κ3) is 2.17. The van der Waals surface area contributed by atoms with E-state index in [1.54, 1.807) is 30.6 Å². The van der Waals surface area contributed by atoms with Crippen molar-refractivity contribution in [1.82, 2.24) is 10.1 Å². The summed E-state index contributed by atoms with van der Waals surface area (Å²) in [4.78, 5) is 5.32. The zero-order valence-electron chi connectivity index (χ0n) is 10.2. The maximum atomic E-state index is 5.86. The number of nitrogens with two attached hydrogens (primary N) is 1. The van der Waals surface area contributed by atoms with Gasteiger partial charge in [0.2, 0.25) is 5.82 Å². The van der Waals surface area contributed by atoms with Crippen LogP contribution < -0.4 is 10.5 Å². The summed E-state index contributed by atoms with van der Waals surface area (Å²) in [7, 11) is 1.58. The number of ether oxygens (including phenoxy) is 1. The van der Waals surface area contributed by atoms with Gasteiger partial charge in [-0.2, -0.15) is 4.98 Å². The SMILES string of the molecule is COc1ccc(-c2nc(-c3cccs3)no2)cc1N. The number of nitrogen functional groups attached to an aromatic ring is 1. The van der Waals surface area contributed by atoms with Crippen LogP contribution in [0.5, 0.6) is 5.75 Å². The molecule has 1 aromatic carbocycles. The predicted octanol–water partition coefficient (Wildman–Crippen LogP) is 3.06. The van der Waals surface area contributed by atoms with E-state index in [0.717, 1.165) is 10.4 Å². The lowest BCUT2D eigenvalue weighted by Crippen LogP contribution is -1.92. The minimum absolute atomic E-state index is 0.442. The van der Waals surface area contributed by atoms with Gasteiger partial charge in [-0.1, -0.05) is 11.2 Å². The molecule has 6 heteroatoms. The van der Waals surface area contributed by atoms with Gasteiger partial charge in [-0.25, -0.2) is 0 Å². The van der Waals surface area contributed by atoms with Crippen molar-refractivity contribution in [2.45, 2.75) is 0 Å². The van der Waals surface area contributed by atoms with Gasteiger partial charge in [0.25, 0.3) is 5.89 Å². The molecule has 3 aromatic rings. The zero-order chi connectivity index (χ0) is 13.2. The molecule has 0 fully saturated rings. The van der Waals surface area contributed by atoms with Crippen LogP contribution in [0, 0.1) is 0 Å². The number of rotatable bonds is 3. The first kappa shape index (κ1) is 11.7. The summed E-state index contributed by atoms with van der Waals surface area (Å²) < 4.78 is 10.4. The van der Waals surface area contributed by atoms with Crippen molar-refractivity contribution in [3.05, 3.63) is 35.7 Å². The van der Waals surface area contributed by atoms with Crippen LogP contribution in [0.4, 0.5) is 5.69 Å². The van der Waals surface area contributed by atoms with Crippen molar-refractivity contribution < 1.29 is 9.26 Å². The van der Waals surface area contributed by atoms with Crippen LogP contribution in [0.3, 0.4) is 0 Å². The van der Waals surface area contributed by atoms with E-state index >= 15 is 0 Å². The number of hydrogen-bond acceptors (Lipinski definition) is 6. The van der Waals surface area contributed by atoms with E-state index in [9.17, 15) is 0 Å². The summed E-state index contributed by atoms with van der Waals surface area (Å²) in [5.41, 5.74) is 7.17. The van der Waals surface area contributed by atoms with Gasteiger partial charge < -0.3 is 15.0 Å². The Balaban J connectivity index is 1.97. The Hall–Kier alpha value is -2.34. The first-order valence-electron chi connectivity index (χ1n) is 5.59. The quantitative estimate of drug-likeness (QED) is 0.742. The van der Waals surface area contributed by atoms with E-state index in [1.807, 2.05) is 23.6 Å². The highest BCUT2D eigenvalue weighted by Gasteiger charge is 2.12. The van der Waals surface area contributed by atoms with Gasteiger partial charge >= 0.3 is 0 Å². The van der Waals surface area contributed by atoms with Crippen LogP contribution in [-0.2, 0) is 0 Å². The molecule has 0 aliphatic heterocycles. The monoisotopic (exact) mass is 273 g/mol. The molecule has 0 atom stereocenters. The van der Waals surface area contributed by atoms with E-state index in [1.165, 1.54) is 0 Å². The van der Waals surface area contributed by atoms with Crippen LogP contribution in [0.15, 0.2) is 40.2 Å². The number of aromatic nitrogens is 2. The molecule has 3 rings (SSSR count). The predicted molar refractivity (Wildman–Crippen MR) is 74.0 cm³/mol. The van der Waals surface area contributed by atoms with Gasteiger partial charge in [-0.05, 0) is 29.6 Å². The fraction of sp³-hybridized carbons (Fsp3) is 0.0769. The smallest absolute Gasteiger partial charge is 0.258 e. The molecule has 0 unspecified atom stereocenters. The average Bonchev–Trinajstić information content (AvgIpc) is 3.09. The first-order chi connectivity index (χ1) is 9.28. The highest BCUT2D eigenvalue weighted by Crippen LogP contribution is 2.29. The minimum atomic E-state index is 0.442. The maximum Gasteiger partial charge on any atom is 0.258 e. The molecule has 0 bridgehead atoms. The number of methoxy groups -OCH3 is 1. The highest BCUT2D eigenvalue weighted by atomic mass is 32.1. The molecular weight excluding hydrogens is 262 g/mol. The lowest BCUT2D eigenvalue weighted by Gasteiger charge is -2.04. The zero-order valence-corrected chi connectivity index (χ0v) is 11.0. The second-order valence-electron chi connectivity index (χ2n) is 3.86. The molecule has 0 radical (unpaired) electrons. The molecule has 0 spiro atoms. The second kappa shape index (κ2) is 4.74. The van der Waals surface area contributed by atoms with E-state index in [4.69, 9.17) is 15.0 Å². The number of hydrogen-bond donors (Lipinski definition) is 1. The van der Waals surface area contributed by atoms with Crippen LogP contribution >= 0.6 is 11.3 Å². The average molecular weight is 273 g/mol. The number of nitrogens with zero attached hydrogens (tertiary/aromatic N) is 2. The molecule has 2 heterocycles. The molecule has 0 saturated heterocycles.